The topological polar surface area (TPSA) is 135 Å². The maximum Gasteiger partial charge on any atom is 0.255 e. The Bertz CT molecular complexity index is 1070. The molecule has 3 rings (SSSR count). The Morgan fingerprint density at radius 2 is 1.83 bits per heavy atom. The number of carbonyl (C=O) groups is 4. The van der Waals surface area contributed by atoms with Crippen LogP contribution in [0.4, 0.5) is 0 Å². The van der Waals surface area contributed by atoms with Gasteiger partial charge in [0, 0.05) is 13.1 Å². The standard InChI is InChI=1S/C26H32N4O6/c1-17-24(32)27-13-5-15-36-22-7-4-3-6-20(22)25(33)30-21(16-23(31)29-17)26(34)28-14-12-18-8-10-19(35-2)11-9-18/h3-4,6-11,17,21H,5,12-16H2,1-2H3,(H,27,32)(H,28,34)(H,29,31)(H,30,33)/t17-,21-/m0/s1. The van der Waals surface area contributed by atoms with Crippen LogP contribution >= 0.6 is 0 Å². The molecule has 2 aromatic rings. The number of fused-ring (bicyclic) bond motifs is 1. The summed E-state index contributed by atoms with van der Waals surface area (Å²) in [6.07, 6.45) is 0.735. The van der Waals surface area contributed by atoms with E-state index in [4.69, 9.17) is 9.47 Å². The van der Waals surface area contributed by atoms with Gasteiger partial charge in [-0.05, 0) is 49.6 Å². The van der Waals surface area contributed by atoms with E-state index in [0.717, 1.165) is 11.3 Å². The quantitative estimate of drug-likeness (QED) is 0.487. The minimum atomic E-state index is -1.15. The third kappa shape index (κ3) is 7.72. The summed E-state index contributed by atoms with van der Waals surface area (Å²) < 4.78 is 10.9. The lowest BCUT2D eigenvalue weighted by molar-refractivity contribution is -0.130. The Hall–Kier alpha value is -4.08. The Balaban J connectivity index is 1.73. The number of benzene rings is 2. The van der Waals surface area contributed by atoms with Gasteiger partial charge < -0.3 is 30.7 Å². The van der Waals surface area contributed by atoms with E-state index in [9.17, 15) is 19.2 Å². The van der Waals surface area contributed by atoms with E-state index in [0.29, 0.717) is 31.7 Å². The number of para-hydroxylation sites is 1. The summed E-state index contributed by atoms with van der Waals surface area (Å²) in [5.74, 6) is -0.833. The van der Waals surface area contributed by atoms with Crippen molar-refractivity contribution in [2.24, 2.45) is 0 Å². The highest BCUT2D eigenvalue weighted by Crippen LogP contribution is 2.18. The SMILES string of the molecule is COc1ccc(CCNC(=O)[C@@H]2CC(=O)N[C@@H](C)C(=O)NCCCOc3ccccc3C(=O)N2)cc1. The monoisotopic (exact) mass is 496 g/mol. The lowest BCUT2D eigenvalue weighted by Gasteiger charge is -2.20. The molecule has 4 amide bonds. The van der Waals surface area contributed by atoms with E-state index in [1.165, 1.54) is 0 Å². The van der Waals surface area contributed by atoms with Gasteiger partial charge in [0.05, 0.1) is 25.7 Å². The maximum absolute atomic E-state index is 13.1. The summed E-state index contributed by atoms with van der Waals surface area (Å²) in [6, 6.07) is 12.2. The molecule has 0 spiro atoms. The summed E-state index contributed by atoms with van der Waals surface area (Å²) in [5.41, 5.74) is 1.24. The van der Waals surface area contributed by atoms with Crippen molar-refractivity contribution in [2.75, 3.05) is 26.8 Å². The zero-order chi connectivity index (χ0) is 25.9. The maximum atomic E-state index is 13.1. The number of hydrogen-bond donors (Lipinski definition) is 4. The molecule has 0 bridgehead atoms. The van der Waals surface area contributed by atoms with Crippen LogP contribution < -0.4 is 30.7 Å². The van der Waals surface area contributed by atoms with Gasteiger partial charge in [0.15, 0.2) is 0 Å². The van der Waals surface area contributed by atoms with Crippen molar-refractivity contribution in [1.29, 1.82) is 0 Å². The first-order valence-corrected chi connectivity index (χ1v) is 11.9. The zero-order valence-corrected chi connectivity index (χ0v) is 20.5. The fraction of sp³-hybridized carbons (Fsp3) is 0.385. The molecule has 0 radical (unpaired) electrons. The number of nitrogens with one attached hydrogen (secondary N) is 4. The lowest BCUT2D eigenvalue weighted by Crippen LogP contribution is -2.51. The van der Waals surface area contributed by atoms with Crippen LogP contribution in [0.1, 0.15) is 35.7 Å². The first-order chi connectivity index (χ1) is 17.4. The van der Waals surface area contributed by atoms with Gasteiger partial charge in [-0.25, -0.2) is 0 Å². The summed E-state index contributed by atoms with van der Waals surface area (Å²) in [6.45, 7) is 2.49. The molecule has 1 aliphatic heterocycles. The Morgan fingerprint density at radius 1 is 1.08 bits per heavy atom. The number of methoxy groups -OCH3 is 1. The van der Waals surface area contributed by atoms with Crippen LogP contribution in [0.25, 0.3) is 0 Å². The number of rotatable bonds is 5. The van der Waals surface area contributed by atoms with Crippen molar-refractivity contribution >= 4 is 23.6 Å². The molecule has 0 saturated carbocycles. The minimum absolute atomic E-state index is 0.251. The number of carbonyl (C=O) groups excluding carboxylic acids is 4. The molecule has 4 N–H and O–H groups in total. The van der Waals surface area contributed by atoms with Gasteiger partial charge in [-0.1, -0.05) is 24.3 Å². The van der Waals surface area contributed by atoms with E-state index < -0.39 is 29.8 Å². The molecule has 0 aliphatic carbocycles. The Morgan fingerprint density at radius 3 is 2.58 bits per heavy atom. The molecule has 1 heterocycles. The van der Waals surface area contributed by atoms with Crippen molar-refractivity contribution in [3.63, 3.8) is 0 Å². The van der Waals surface area contributed by atoms with Crippen LogP contribution in [0.3, 0.4) is 0 Å². The van der Waals surface area contributed by atoms with Gasteiger partial charge in [-0.15, -0.1) is 0 Å². The fourth-order valence-corrected chi connectivity index (χ4v) is 3.64. The van der Waals surface area contributed by atoms with E-state index in [1.54, 1.807) is 38.3 Å². The Kier molecular flexibility index (Phi) is 9.67. The zero-order valence-electron chi connectivity index (χ0n) is 20.5. The normalized spacial score (nSPS) is 19.2. The van der Waals surface area contributed by atoms with Crippen molar-refractivity contribution < 1.29 is 28.7 Å². The lowest BCUT2D eigenvalue weighted by atomic mass is 10.1. The van der Waals surface area contributed by atoms with Crippen molar-refractivity contribution in [2.45, 2.75) is 38.3 Å². The van der Waals surface area contributed by atoms with E-state index in [1.807, 2.05) is 24.3 Å². The molecular weight excluding hydrogens is 464 g/mol. The molecule has 0 aromatic heterocycles. The molecule has 0 saturated heterocycles. The van der Waals surface area contributed by atoms with Gasteiger partial charge in [0.2, 0.25) is 17.7 Å². The summed E-state index contributed by atoms with van der Waals surface area (Å²) >= 11 is 0. The first-order valence-electron chi connectivity index (χ1n) is 11.9. The second kappa shape index (κ2) is 13.1. The first kappa shape index (κ1) is 26.5. The molecule has 2 atom stereocenters. The highest BCUT2D eigenvalue weighted by Gasteiger charge is 2.27. The highest BCUT2D eigenvalue weighted by molar-refractivity contribution is 6.01. The third-order valence-corrected chi connectivity index (χ3v) is 5.66. The van der Waals surface area contributed by atoms with Gasteiger partial charge >= 0.3 is 0 Å². The number of hydrogen-bond acceptors (Lipinski definition) is 6. The third-order valence-electron chi connectivity index (χ3n) is 5.66. The van der Waals surface area contributed by atoms with E-state index in [-0.39, 0.29) is 24.5 Å². The van der Waals surface area contributed by atoms with E-state index in [2.05, 4.69) is 21.3 Å². The molecule has 1 aliphatic rings. The average Bonchev–Trinajstić information content (AvgIpc) is 2.88. The number of amides is 4. The predicted octanol–water partition coefficient (Wildman–Crippen LogP) is 0.946. The molecule has 2 aromatic carbocycles. The van der Waals surface area contributed by atoms with Crippen molar-refractivity contribution in [1.82, 2.24) is 21.3 Å². The predicted molar refractivity (Wildman–Crippen MR) is 133 cm³/mol. The molecule has 10 nitrogen and oxygen atoms in total. The summed E-state index contributed by atoms with van der Waals surface area (Å²) in [4.78, 5) is 50.9. The fourth-order valence-electron chi connectivity index (χ4n) is 3.64. The van der Waals surface area contributed by atoms with Crippen LogP contribution in [0.2, 0.25) is 0 Å². The molecule has 0 unspecified atom stereocenters. The van der Waals surface area contributed by atoms with Crippen LogP contribution in [0.5, 0.6) is 11.5 Å². The van der Waals surface area contributed by atoms with Gasteiger partial charge in [-0.3, -0.25) is 19.2 Å². The highest BCUT2D eigenvalue weighted by atomic mass is 16.5. The van der Waals surface area contributed by atoms with Crippen LogP contribution in [-0.2, 0) is 20.8 Å². The summed E-state index contributed by atoms with van der Waals surface area (Å²) in [7, 11) is 1.59. The number of ether oxygens (including phenoxy) is 2. The minimum Gasteiger partial charge on any atom is -0.497 e. The summed E-state index contributed by atoms with van der Waals surface area (Å²) in [5, 5.41) is 10.8. The smallest absolute Gasteiger partial charge is 0.255 e. The van der Waals surface area contributed by atoms with Gasteiger partial charge in [0.1, 0.15) is 23.6 Å². The molecule has 0 fully saturated rings. The van der Waals surface area contributed by atoms with Crippen molar-refractivity contribution in [3.05, 3.63) is 59.7 Å². The second-order valence-corrected chi connectivity index (χ2v) is 8.40. The largest absolute Gasteiger partial charge is 0.497 e. The Labute approximate surface area is 210 Å². The average molecular weight is 497 g/mol. The molecule has 36 heavy (non-hydrogen) atoms. The molecule has 192 valence electrons. The van der Waals surface area contributed by atoms with Crippen molar-refractivity contribution in [3.8, 4) is 11.5 Å². The van der Waals surface area contributed by atoms with Crippen LogP contribution in [-0.4, -0.2) is 62.5 Å². The van der Waals surface area contributed by atoms with Crippen LogP contribution in [0.15, 0.2) is 48.5 Å². The molecule has 10 heteroatoms. The van der Waals surface area contributed by atoms with E-state index >= 15 is 0 Å². The van der Waals surface area contributed by atoms with Gasteiger partial charge in [0.25, 0.3) is 5.91 Å². The van der Waals surface area contributed by atoms with Gasteiger partial charge in [-0.2, -0.15) is 0 Å². The second-order valence-electron chi connectivity index (χ2n) is 8.40. The van der Waals surface area contributed by atoms with Crippen LogP contribution in [0, 0.1) is 0 Å². The molecular formula is C26H32N4O6.